The van der Waals surface area contributed by atoms with Crippen molar-refractivity contribution in [3.05, 3.63) is 57.3 Å². The van der Waals surface area contributed by atoms with Gasteiger partial charge in [-0.15, -0.1) is 11.3 Å². The first kappa shape index (κ1) is 21.2. The van der Waals surface area contributed by atoms with Crippen LogP contribution in [0.2, 0.25) is 0 Å². The van der Waals surface area contributed by atoms with Gasteiger partial charge in [0.25, 0.3) is 0 Å². The van der Waals surface area contributed by atoms with E-state index >= 15 is 0 Å². The molecule has 29 heavy (non-hydrogen) atoms. The molecule has 1 aliphatic rings. The Labute approximate surface area is 171 Å². The van der Waals surface area contributed by atoms with Crippen LogP contribution in [0.3, 0.4) is 0 Å². The number of rotatable bonds is 5. The lowest BCUT2D eigenvalue weighted by Crippen LogP contribution is -2.40. The van der Waals surface area contributed by atoms with E-state index in [2.05, 4.69) is 5.32 Å². The summed E-state index contributed by atoms with van der Waals surface area (Å²) in [7, 11) is 1.55. The minimum Gasteiger partial charge on any atom is -0.338 e. The van der Waals surface area contributed by atoms with Crippen molar-refractivity contribution in [3.63, 3.8) is 0 Å². The number of thiophene rings is 1. The van der Waals surface area contributed by atoms with E-state index in [0.717, 1.165) is 18.6 Å². The summed E-state index contributed by atoms with van der Waals surface area (Å²) < 4.78 is 37.8. The summed E-state index contributed by atoms with van der Waals surface area (Å²) in [4.78, 5) is 29.0. The fraction of sp³-hybridized carbons (Fsp3) is 0.400. The van der Waals surface area contributed by atoms with Gasteiger partial charge in [-0.05, 0) is 41.1 Å². The summed E-state index contributed by atoms with van der Waals surface area (Å²) in [5, 5.41) is 4.72. The number of nitrogens with zero attached hydrogens (tertiary/aromatic N) is 2. The number of halogens is 3. The molecule has 1 aromatic carbocycles. The van der Waals surface area contributed by atoms with Crippen LogP contribution in [0.15, 0.2) is 35.7 Å². The van der Waals surface area contributed by atoms with E-state index in [1.54, 1.807) is 23.3 Å². The highest BCUT2D eigenvalue weighted by molar-refractivity contribution is 7.10. The third-order valence-electron chi connectivity index (χ3n) is 4.82. The van der Waals surface area contributed by atoms with Crippen LogP contribution in [-0.2, 0) is 30.5 Å². The zero-order chi connectivity index (χ0) is 21.0. The number of carbonyl (C=O) groups excluding carboxylic acids is 2. The van der Waals surface area contributed by atoms with Crippen LogP contribution in [-0.4, -0.2) is 41.9 Å². The number of fused-ring (bicyclic) bond motifs is 1. The minimum absolute atomic E-state index is 0.00691. The number of hydrogen-bond acceptors (Lipinski definition) is 3. The Bertz CT molecular complexity index is 865. The lowest BCUT2D eigenvalue weighted by atomic mass is 10.1. The number of carbonyl (C=O) groups is 2. The van der Waals surface area contributed by atoms with Gasteiger partial charge in [-0.25, -0.2) is 4.79 Å². The Balaban J connectivity index is 1.41. The molecule has 0 spiro atoms. The lowest BCUT2D eigenvalue weighted by molar-refractivity contribution is -0.137. The van der Waals surface area contributed by atoms with Crippen molar-refractivity contribution in [1.82, 2.24) is 15.1 Å². The molecule has 0 bridgehead atoms. The van der Waals surface area contributed by atoms with Crippen molar-refractivity contribution >= 4 is 23.3 Å². The molecular formula is C20H22F3N3O2S. The zero-order valence-corrected chi connectivity index (χ0v) is 16.8. The third-order valence-corrected chi connectivity index (χ3v) is 5.85. The summed E-state index contributed by atoms with van der Waals surface area (Å²) in [6, 6.07) is 6.36. The molecule has 3 amide bonds. The Hall–Kier alpha value is -2.55. The van der Waals surface area contributed by atoms with Gasteiger partial charge in [0.15, 0.2) is 0 Å². The summed E-state index contributed by atoms with van der Waals surface area (Å²) in [6.07, 6.45) is -3.31. The number of urea groups is 1. The molecule has 0 atom stereocenters. The van der Waals surface area contributed by atoms with E-state index in [-0.39, 0.29) is 31.4 Å². The molecule has 0 saturated heterocycles. The third kappa shape index (κ3) is 5.50. The second-order valence-electron chi connectivity index (χ2n) is 6.97. The van der Waals surface area contributed by atoms with Crippen LogP contribution in [0.25, 0.3) is 0 Å². The van der Waals surface area contributed by atoms with Gasteiger partial charge in [-0.2, -0.15) is 13.2 Å². The van der Waals surface area contributed by atoms with E-state index in [0.29, 0.717) is 18.7 Å². The first-order valence-electron chi connectivity index (χ1n) is 9.22. The Kier molecular flexibility index (Phi) is 6.46. The number of alkyl halides is 3. The van der Waals surface area contributed by atoms with Crippen molar-refractivity contribution < 1.29 is 22.8 Å². The molecule has 2 heterocycles. The summed E-state index contributed by atoms with van der Waals surface area (Å²) >= 11 is 1.71. The molecule has 0 fully saturated rings. The molecule has 156 valence electrons. The topological polar surface area (TPSA) is 52.7 Å². The molecule has 9 heteroatoms. The zero-order valence-electron chi connectivity index (χ0n) is 16.0. The molecule has 1 aliphatic heterocycles. The molecule has 0 radical (unpaired) electrons. The van der Waals surface area contributed by atoms with Crippen molar-refractivity contribution in [2.24, 2.45) is 0 Å². The SMILES string of the molecule is CN(Cc1ccc(C(F)(F)F)cc1)C(=O)NCCC(=O)N1CCc2sccc2C1. The van der Waals surface area contributed by atoms with Gasteiger partial charge in [0.05, 0.1) is 5.56 Å². The van der Waals surface area contributed by atoms with Crippen molar-refractivity contribution in [2.75, 3.05) is 20.1 Å². The number of nitrogens with one attached hydrogen (secondary N) is 1. The number of hydrogen-bond donors (Lipinski definition) is 1. The van der Waals surface area contributed by atoms with E-state index in [4.69, 9.17) is 0 Å². The molecule has 3 rings (SSSR count). The highest BCUT2D eigenvalue weighted by Gasteiger charge is 2.30. The highest BCUT2D eigenvalue weighted by Crippen LogP contribution is 2.29. The van der Waals surface area contributed by atoms with Gasteiger partial charge < -0.3 is 15.1 Å². The van der Waals surface area contributed by atoms with Gasteiger partial charge in [0.1, 0.15) is 0 Å². The normalized spacial score (nSPS) is 13.7. The standard InChI is InChI=1S/C20H22F3N3O2S/c1-25(12-14-2-4-16(5-3-14)20(21,22)23)19(28)24-9-6-18(27)26-10-7-17-15(13-26)8-11-29-17/h2-5,8,11H,6-7,9-10,12-13H2,1H3,(H,24,28). The Morgan fingerprint density at radius 3 is 2.62 bits per heavy atom. The lowest BCUT2D eigenvalue weighted by Gasteiger charge is -2.27. The van der Waals surface area contributed by atoms with Crippen molar-refractivity contribution in [3.8, 4) is 0 Å². The maximum absolute atomic E-state index is 12.6. The van der Waals surface area contributed by atoms with E-state index < -0.39 is 11.7 Å². The molecule has 0 aliphatic carbocycles. The molecule has 1 N–H and O–H groups in total. The highest BCUT2D eigenvalue weighted by atomic mass is 32.1. The molecule has 5 nitrogen and oxygen atoms in total. The van der Waals surface area contributed by atoms with Crippen molar-refractivity contribution in [2.45, 2.75) is 32.1 Å². The molecule has 0 unspecified atom stereocenters. The first-order chi connectivity index (χ1) is 13.7. The summed E-state index contributed by atoms with van der Waals surface area (Å²) in [6.45, 7) is 1.68. The van der Waals surface area contributed by atoms with Crippen LogP contribution in [0.1, 0.15) is 28.0 Å². The minimum atomic E-state index is -4.38. The number of amides is 3. The van der Waals surface area contributed by atoms with Gasteiger partial charge in [-0.3, -0.25) is 4.79 Å². The average molecular weight is 425 g/mol. The molecule has 0 saturated carbocycles. The largest absolute Gasteiger partial charge is 0.416 e. The van der Waals surface area contributed by atoms with Crippen LogP contribution < -0.4 is 5.32 Å². The Morgan fingerprint density at radius 2 is 1.93 bits per heavy atom. The molecule has 2 aromatic rings. The monoisotopic (exact) mass is 425 g/mol. The van der Waals surface area contributed by atoms with Crippen LogP contribution in [0, 0.1) is 0 Å². The van der Waals surface area contributed by atoms with Crippen LogP contribution in [0.5, 0.6) is 0 Å². The second kappa shape index (κ2) is 8.86. The smallest absolute Gasteiger partial charge is 0.338 e. The second-order valence-corrected chi connectivity index (χ2v) is 7.97. The summed E-state index contributed by atoms with van der Waals surface area (Å²) in [5.74, 6) is -0.00691. The fourth-order valence-corrected chi connectivity index (χ4v) is 4.07. The van der Waals surface area contributed by atoms with E-state index in [9.17, 15) is 22.8 Å². The summed E-state index contributed by atoms with van der Waals surface area (Å²) in [5.41, 5.74) is 1.06. The number of benzene rings is 1. The van der Waals surface area contributed by atoms with E-state index in [1.165, 1.54) is 27.5 Å². The van der Waals surface area contributed by atoms with Gasteiger partial charge >= 0.3 is 12.2 Å². The predicted molar refractivity (Wildman–Crippen MR) is 104 cm³/mol. The maximum atomic E-state index is 12.6. The van der Waals surface area contributed by atoms with Gasteiger partial charge in [0.2, 0.25) is 5.91 Å². The first-order valence-corrected chi connectivity index (χ1v) is 10.1. The molecule has 1 aromatic heterocycles. The van der Waals surface area contributed by atoms with Crippen LogP contribution >= 0.6 is 11.3 Å². The predicted octanol–water partition coefficient (Wildman–Crippen LogP) is 3.88. The maximum Gasteiger partial charge on any atom is 0.416 e. The van der Waals surface area contributed by atoms with E-state index in [1.807, 2.05) is 11.4 Å². The molecular weight excluding hydrogens is 403 g/mol. The Morgan fingerprint density at radius 1 is 1.21 bits per heavy atom. The van der Waals surface area contributed by atoms with Crippen molar-refractivity contribution in [1.29, 1.82) is 0 Å². The quantitative estimate of drug-likeness (QED) is 0.791. The average Bonchev–Trinajstić information content (AvgIpc) is 3.15. The van der Waals surface area contributed by atoms with Gasteiger partial charge in [0, 0.05) is 44.5 Å². The fourth-order valence-electron chi connectivity index (χ4n) is 3.18. The van der Waals surface area contributed by atoms with Gasteiger partial charge in [-0.1, -0.05) is 12.1 Å². The van der Waals surface area contributed by atoms with Crippen LogP contribution in [0.4, 0.5) is 18.0 Å².